The van der Waals surface area contributed by atoms with Crippen LogP contribution in [-0.4, -0.2) is 6.54 Å². The zero-order valence-electron chi connectivity index (χ0n) is 10.4. The second-order valence-corrected chi connectivity index (χ2v) is 5.03. The smallest absolute Gasteiger partial charge is 0.123 e. The van der Waals surface area contributed by atoms with E-state index in [2.05, 4.69) is 45.5 Å². The van der Waals surface area contributed by atoms with Crippen LogP contribution in [0.5, 0.6) is 0 Å². The zero-order chi connectivity index (χ0) is 13.5. The van der Waals surface area contributed by atoms with Crippen molar-refractivity contribution in [2.45, 2.75) is 6.54 Å². The molecule has 0 aliphatic heterocycles. The summed E-state index contributed by atoms with van der Waals surface area (Å²) in [5, 5.41) is 3.26. The highest BCUT2D eigenvalue weighted by atomic mass is 79.9. The van der Waals surface area contributed by atoms with Gasteiger partial charge in [0.25, 0.3) is 0 Å². The molecule has 0 atom stereocenters. The van der Waals surface area contributed by atoms with Gasteiger partial charge in [0.15, 0.2) is 0 Å². The Balaban J connectivity index is 1.81. The Kier molecular flexibility index (Phi) is 5.31. The van der Waals surface area contributed by atoms with Crippen molar-refractivity contribution in [1.82, 2.24) is 5.32 Å². The summed E-state index contributed by atoms with van der Waals surface area (Å²) >= 11 is 3.41. The second-order valence-electron chi connectivity index (χ2n) is 4.18. The Morgan fingerprint density at radius 2 is 1.89 bits per heavy atom. The summed E-state index contributed by atoms with van der Waals surface area (Å²) < 4.78 is 14.0. The van der Waals surface area contributed by atoms with E-state index in [1.165, 1.54) is 17.7 Å². The topological polar surface area (TPSA) is 12.0 Å². The fourth-order valence-electron chi connectivity index (χ4n) is 1.73. The van der Waals surface area contributed by atoms with E-state index in [-0.39, 0.29) is 5.82 Å². The van der Waals surface area contributed by atoms with Crippen LogP contribution in [0, 0.1) is 5.82 Å². The van der Waals surface area contributed by atoms with Gasteiger partial charge in [0.2, 0.25) is 0 Å². The summed E-state index contributed by atoms with van der Waals surface area (Å²) in [5.74, 6) is -0.208. The highest BCUT2D eigenvalue weighted by molar-refractivity contribution is 9.10. The van der Waals surface area contributed by atoms with Crippen molar-refractivity contribution in [2.24, 2.45) is 0 Å². The molecule has 2 aromatic carbocycles. The third kappa shape index (κ3) is 4.62. The normalized spacial score (nSPS) is 11.1. The number of hydrogen-bond acceptors (Lipinski definition) is 1. The molecule has 0 amide bonds. The summed E-state index contributed by atoms with van der Waals surface area (Å²) in [7, 11) is 0. The first-order chi connectivity index (χ1) is 9.25. The minimum absolute atomic E-state index is 0.208. The lowest BCUT2D eigenvalue weighted by atomic mass is 10.2. The van der Waals surface area contributed by atoms with Gasteiger partial charge in [0.05, 0.1) is 0 Å². The largest absolute Gasteiger partial charge is 0.309 e. The van der Waals surface area contributed by atoms with E-state index in [0.29, 0.717) is 6.54 Å². The van der Waals surface area contributed by atoms with Crippen LogP contribution in [0.4, 0.5) is 4.39 Å². The Bertz CT molecular complexity index is 552. The predicted molar refractivity (Wildman–Crippen MR) is 81.3 cm³/mol. The summed E-state index contributed by atoms with van der Waals surface area (Å²) in [6.07, 6.45) is 4.12. The summed E-state index contributed by atoms with van der Waals surface area (Å²) in [4.78, 5) is 0. The van der Waals surface area contributed by atoms with Crippen LogP contribution >= 0.6 is 15.9 Å². The third-order valence-electron chi connectivity index (χ3n) is 2.70. The molecular weight excluding hydrogens is 305 g/mol. The van der Waals surface area contributed by atoms with Crippen LogP contribution in [0.3, 0.4) is 0 Å². The van der Waals surface area contributed by atoms with Gasteiger partial charge >= 0.3 is 0 Å². The molecule has 19 heavy (non-hydrogen) atoms. The highest BCUT2D eigenvalue weighted by Gasteiger charge is 2.00. The van der Waals surface area contributed by atoms with Crippen LogP contribution < -0.4 is 5.32 Å². The van der Waals surface area contributed by atoms with Gasteiger partial charge in [0.1, 0.15) is 5.82 Å². The maximum atomic E-state index is 13.1. The van der Waals surface area contributed by atoms with Crippen LogP contribution in [0.1, 0.15) is 11.1 Å². The first-order valence-electron chi connectivity index (χ1n) is 6.12. The molecule has 98 valence electrons. The minimum atomic E-state index is -0.208. The lowest BCUT2D eigenvalue weighted by molar-refractivity contribution is 0.622. The fourth-order valence-corrected chi connectivity index (χ4v) is 2.11. The van der Waals surface area contributed by atoms with Crippen molar-refractivity contribution in [3.63, 3.8) is 0 Å². The van der Waals surface area contributed by atoms with Crippen molar-refractivity contribution in [1.29, 1.82) is 0 Å². The number of rotatable bonds is 5. The molecule has 0 saturated heterocycles. The maximum absolute atomic E-state index is 13.1. The Labute approximate surface area is 121 Å². The van der Waals surface area contributed by atoms with Gasteiger partial charge in [-0.2, -0.15) is 0 Å². The first-order valence-corrected chi connectivity index (χ1v) is 6.91. The van der Waals surface area contributed by atoms with E-state index in [1.54, 1.807) is 6.07 Å². The van der Waals surface area contributed by atoms with Crippen molar-refractivity contribution in [3.8, 4) is 0 Å². The monoisotopic (exact) mass is 319 g/mol. The van der Waals surface area contributed by atoms with E-state index >= 15 is 0 Å². The van der Waals surface area contributed by atoms with Gasteiger partial charge < -0.3 is 5.32 Å². The standard InChI is InChI=1S/C16H15BrFN/c17-16-9-8-15(18)11-14(16)12-19-10-4-7-13-5-2-1-3-6-13/h1-9,11,19H,10,12H2. The summed E-state index contributed by atoms with van der Waals surface area (Å²) in [6.45, 7) is 1.38. The van der Waals surface area contributed by atoms with Gasteiger partial charge in [-0.15, -0.1) is 0 Å². The molecule has 2 rings (SSSR count). The molecular formula is C16H15BrFN. The molecule has 0 aliphatic rings. The average Bonchev–Trinajstić information content (AvgIpc) is 2.43. The molecule has 1 N–H and O–H groups in total. The SMILES string of the molecule is Fc1ccc(Br)c(CNCC=Cc2ccccc2)c1. The fraction of sp³-hybridized carbons (Fsp3) is 0.125. The number of benzene rings is 2. The Morgan fingerprint density at radius 3 is 2.68 bits per heavy atom. The van der Waals surface area contributed by atoms with Gasteiger partial charge in [-0.3, -0.25) is 0 Å². The molecule has 0 aliphatic carbocycles. The van der Waals surface area contributed by atoms with Crippen LogP contribution in [-0.2, 0) is 6.54 Å². The number of nitrogens with one attached hydrogen (secondary N) is 1. The molecule has 0 unspecified atom stereocenters. The van der Waals surface area contributed by atoms with Crippen molar-refractivity contribution < 1.29 is 4.39 Å². The van der Waals surface area contributed by atoms with E-state index < -0.39 is 0 Å². The Hall–Kier alpha value is -1.45. The van der Waals surface area contributed by atoms with Crippen LogP contribution in [0.15, 0.2) is 59.1 Å². The molecule has 0 radical (unpaired) electrons. The predicted octanol–water partition coefficient (Wildman–Crippen LogP) is 4.39. The quantitative estimate of drug-likeness (QED) is 0.806. The molecule has 3 heteroatoms. The molecule has 2 aromatic rings. The van der Waals surface area contributed by atoms with Gasteiger partial charge in [0, 0.05) is 17.6 Å². The minimum Gasteiger partial charge on any atom is -0.309 e. The molecule has 0 spiro atoms. The lowest BCUT2D eigenvalue weighted by Crippen LogP contribution is -2.13. The van der Waals surface area contributed by atoms with Crippen LogP contribution in [0.25, 0.3) is 6.08 Å². The van der Waals surface area contributed by atoms with E-state index in [4.69, 9.17) is 0 Å². The summed E-state index contributed by atoms with van der Waals surface area (Å²) in [5.41, 5.74) is 2.10. The van der Waals surface area contributed by atoms with Crippen molar-refractivity contribution in [3.05, 3.63) is 76.0 Å². The first kappa shape index (κ1) is 14.0. The lowest BCUT2D eigenvalue weighted by Gasteiger charge is -2.05. The molecule has 0 saturated carbocycles. The highest BCUT2D eigenvalue weighted by Crippen LogP contribution is 2.17. The molecule has 0 bridgehead atoms. The molecule has 0 heterocycles. The molecule has 0 aromatic heterocycles. The van der Waals surface area contributed by atoms with Crippen molar-refractivity contribution >= 4 is 22.0 Å². The van der Waals surface area contributed by atoms with Crippen molar-refractivity contribution in [2.75, 3.05) is 6.54 Å². The average molecular weight is 320 g/mol. The van der Waals surface area contributed by atoms with E-state index in [0.717, 1.165) is 16.6 Å². The Morgan fingerprint density at radius 1 is 1.11 bits per heavy atom. The molecule has 1 nitrogen and oxygen atoms in total. The number of halogens is 2. The molecule has 0 fully saturated rings. The van der Waals surface area contributed by atoms with E-state index in [9.17, 15) is 4.39 Å². The van der Waals surface area contributed by atoms with E-state index in [1.807, 2.05) is 18.2 Å². The second kappa shape index (κ2) is 7.22. The summed E-state index contributed by atoms with van der Waals surface area (Å²) in [6, 6.07) is 14.8. The van der Waals surface area contributed by atoms with Gasteiger partial charge in [-0.25, -0.2) is 4.39 Å². The third-order valence-corrected chi connectivity index (χ3v) is 3.47. The van der Waals surface area contributed by atoms with Crippen LogP contribution in [0.2, 0.25) is 0 Å². The number of hydrogen-bond donors (Lipinski definition) is 1. The van der Waals surface area contributed by atoms with Gasteiger partial charge in [-0.1, -0.05) is 58.4 Å². The maximum Gasteiger partial charge on any atom is 0.123 e. The van der Waals surface area contributed by atoms with Gasteiger partial charge in [-0.05, 0) is 29.3 Å². The zero-order valence-corrected chi connectivity index (χ0v) is 12.0.